The average Bonchev–Trinajstić information content (AvgIpc) is 3.04. The number of ether oxygens (including phenoxy) is 1. The number of aromatic nitrogens is 2. The Hall–Kier alpha value is -3.50. The summed E-state index contributed by atoms with van der Waals surface area (Å²) in [5.41, 5.74) is 3.75. The Morgan fingerprint density at radius 3 is 2.53 bits per heavy atom. The Labute approximate surface area is 223 Å². The van der Waals surface area contributed by atoms with Crippen LogP contribution in [0.4, 0.5) is 5.95 Å². The van der Waals surface area contributed by atoms with Gasteiger partial charge in [-0.05, 0) is 55.5 Å². The zero-order valence-electron chi connectivity index (χ0n) is 22.1. The molecule has 1 fully saturated rings. The summed E-state index contributed by atoms with van der Waals surface area (Å²) >= 11 is 0. The van der Waals surface area contributed by atoms with Gasteiger partial charge in [0.2, 0.25) is 11.8 Å². The van der Waals surface area contributed by atoms with Gasteiger partial charge in [-0.2, -0.15) is 4.98 Å². The molecule has 0 aliphatic carbocycles. The summed E-state index contributed by atoms with van der Waals surface area (Å²) in [6, 6.07) is 13.7. The number of sulfonamides is 1. The molecule has 1 saturated heterocycles. The van der Waals surface area contributed by atoms with Crippen molar-refractivity contribution in [3.8, 4) is 17.1 Å². The van der Waals surface area contributed by atoms with Crippen LogP contribution in [0.15, 0.2) is 53.4 Å². The Bertz CT molecular complexity index is 1450. The molecule has 6 bridgehead atoms. The molecule has 200 valence electrons. The molecule has 2 aromatic carbocycles. The van der Waals surface area contributed by atoms with Gasteiger partial charge in [-0.3, -0.25) is 4.79 Å². The number of carbonyl (C=O) groups excluding carboxylic acids is 1. The van der Waals surface area contributed by atoms with Crippen molar-refractivity contribution >= 4 is 21.9 Å². The second-order valence-corrected chi connectivity index (χ2v) is 12.1. The number of amides is 1. The van der Waals surface area contributed by atoms with Crippen LogP contribution in [0, 0.1) is 19.8 Å². The minimum Gasteiger partial charge on any atom is -0.471 e. The molecule has 2 atom stereocenters. The van der Waals surface area contributed by atoms with Gasteiger partial charge in [0.15, 0.2) is 0 Å². The lowest BCUT2D eigenvalue weighted by Crippen LogP contribution is -2.46. The maximum absolute atomic E-state index is 13.8. The first-order valence-corrected chi connectivity index (χ1v) is 14.4. The first-order chi connectivity index (χ1) is 18.1. The van der Waals surface area contributed by atoms with Crippen molar-refractivity contribution in [2.75, 3.05) is 24.4 Å². The third kappa shape index (κ3) is 5.37. The molecule has 0 unspecified atom stereocenters. The molecule has 3 aromatic rings. The van der Waals surface area contributed by atoms with Crippen LogP contribution in [-0.2, 0) is 10.0 Å². The van der Waals surface area contributed by atoms with Crippen LogP contribution in [0.5, 0.6) is 5.88 Å². The quantitative estimate of drug-likeness (QED) is 0.525. The van der Waals surface area contributed by atoms with Crippen molar-refractivity contribution in [3.05, 3.63) is 65.2 Å². The van der Waals surface area contributed by atoms with Crippen LogP contribution in [0.3, 0.4) is 0 Å². The van der Waals surface area contributed by atoms with E-state index < -0.39 is 16.1 Å². The summed E-state index contributed by atoms with van der Waals surface area (Å²) in [6.45, 7) is 9.69. The number of carbonyl (C=O) groups is 1. The molecule has 2 N–H and O–H groups in total. The van der Waals surface area contributed by atoms with Crippen molar-refractivity contribution < 1.29 is 17.9 Å². The van der Waals surface area contributed by atoms with Crippen LogP contribution in [0.25, 0.3) is 11.3 Å². The Morgan fingerprint density at radius 2 is 1.79 bits per heavy atom. The molecular formula is C28H33N5O4S. The van der Waals surface area contributed by atoms with Gasteiger partial charge < -0.3 is 15.0 Å². The molecule has 2 aliphatic rings. The van der Waals surface area contributed by atoms with E-state index in [4.69, 9.17) is 4.74 Å². The molecule has 0 radical (unpaired) electrons. The lowest BCUT2D eigenvalue weighted by atomic mass is 10.00. The fraction of sp³-hybridized carbons (Fsp3) is 0.393. The first-order valence-electron chi connectivity index (χ1n) is 12.9. The van der Waals surface area contributed by atoms with Gasteiger partial charge in [-0.15, -0.1) is 0 Å². The van der Waals surface area contributed by atoms with Crippen LogP contribution in [0.1, 0.15) is 41.8 Å². The highest BCUT2D eigenvalue weighted by atomic mass is 32.2. The summed E-state index contributed by atoms with van der Waals surface area (Å²) < 4.78 is 35.6. The van der Waals surface area contributed by atoms with E-state index in [1.165, 1.54) is 12.1 Å². The number of nitrogens with zero attached hydrogens (tertiary/aromatic N) is 3. The minimum atomic E-state index is -4.08. The highest BCUT2D eigenvalue weighted by Crippen LogP contribution is 2.30. The van der Waals surface area contributed by atoms with Crippen LogP contribution >= 0.6 is 0 Å². The van der Waals surface area contributed by atoms with Gasteiger partial charge in [-0.25, -0.2) is 18.1 Å². The van der Waals surface area contributed by atoms with E-state index in [0.717, 1.165) is 23.1 Å². The van der Waals surface area contributed by atoms with E-state index in [1.807, 2.05) is 36.9 Å². The lowest BCUT2D eigenvalue weighted by molar-refractivity contribution is 0.0584. The molecule has 38 heavy (non-hydrogen) atoms. The first kappa shape index (κ1) is 26.1. The summed E-state index contributed by atoms with van der Waals surface area (Å²) in [7, 11) is -4.08. The normalized spacial score (nSPS) is 20.9. The van der Waals surface area contributed by atoms with E-state index in [0.29, 0.717) is 36.8 Å². The fourth-order valence-electron chi connectivity index (χ4n) is 5.23. The van der Waals surface area contributed by atoms with Crippen LogP contribution < -0.4 is 14.8 Å². The number of aryl methyl sites for hydroxylation is 2. The Kier molecular flexibility index (Phi) is 7.11. The van der Waals surface area contributed by atoms with Gasteiger partial charge in [0.1, 0.15) is 6.10 Å². The highest BCUT2D eigenvalue weighted by molar-refractivity contribution is 7.92. The van der Waals surface area contributed by atoms with E-state index in [9.17, 15) is 13.2 Å². The molecule has 3 heterocycles. The van der Waals surface area contributed by atoms with Gasteiger partial charge in [0.05, 0.1) is 17.1 Å². The maximum atomic E-state index is 13.8. The lowest BCUT2D eigenvalue weighted by Gasteiger charge is -2.32. The predicted octanol–water partition coefficient (Wildman–Crippen LogP) is 3.78. The number of hydrogen-bond acceptors (Lipinski definition) is 7. The molecule has 1 amide bonds. The average molecular weight is 536 g/mol. The van der Waals surface area contributed by atoms with Crippen molar-refractivity contribution in [2.45, 2.75) is 51.2 Å². The van der Waals surface area contributed by atoms with E-state index >= 15 is 0 Å². The number of benzene rings is 2. The van der Waals surface area contributed by atoms with Gasteiger partial charge in [0.25, 0.3) is 15.9 Å². The van der Waals surface area contributed by atoms with E-state index in [-0.39, 0.29) is 28.7 Å². The summed E-state index contributed by atoms with van der Waals surface area (Å²) in [5, 5.41) is 3.45. The molecule has 9 nitrogen and oxygen atoms in total. The van der Waals surface area contributed by atoms with E-state index in [2.05, 4.69) is 33.9 Å². The molecular weight excluding hydrogens is 502 g/mol. The SMILES string of the molecule is Cc1cccc(C)c1-c1cc2nc(n1)NS(=O)(=O)c1cccc(c1)C(=O)N1C[C@@H](CNC[C@@H]1CC(C)C)O2. The molecule has 0 spiro atoms. The third-order valence-corrected chi connectivity index (χ3v) is 8.27. The molecule has 2 aliphatic heterocycles. The molecule has 0 saturated carbocycles. The smallest absolute Gasteiger partial charge is 0.264 e. The zero-order valence-corrected chi connectivity index (χ0v) is 22.9. The standard InChI is InChI=1S/C28H33N5O4S/c1-17(2)11-21-14-29-15-22-16-33(21)27(34)20-9-6-10-23(12-20)38(35,36)32-28-30-24(13-25(31-28)37-22)26-18(3)7-5-8-19(26)4/h5-10,12-13,17,21-22,29H,11,14-16H2,1-4H3,(H,30,31,32)/t21-,22+/m0/s1. The highest BCUT2D eigenvalue weighted by Gasteiger charge is 2.33. The van der Waals surface area contributed by atoms with Crippen LogP contribution in [0.2, 0.25) is 0 Å². The molecule has 5 rings (SSSR count). The third-order valence-electron chi connectivity index (χ3n) is 6.94. The molecule has 1 aromatic heterocycles. The number of anilines is 1. The second-order valence-electron chi connectivity index (χ2n) is 10.5. The van der Waals surface area contributed by atoms with Gasteiger partial charge >= 0.3 is 0 Å². The number of rotatable bonds is 3. The maximum Gasteiger partial charge on any atom is 0.264 e. The topological polar surface area (TPSA) is 114 Å². The monoisotopic (exact) mass is 535 g/mol. The van der Waals surface area contributed by atoms with E-state index in [1.54, 1.807) is 18.2 Å². The number of nitrogens with one attached hydrogen (secondary N) is 2. The number of hydrogen-bond donors (Lipinski definition) is 2. The molecule has 10 heteroatoms. The van der Waals surface area contributed by atoms with Crippen molar-refractivity contribution in [1.29, 1.82) is 0 Å². The van der Waals surface area contributed by atoms with Gasteiger partial charge in [0, 0.05) is 36.3 Å². The fourth-order valence-corrected chi connectivity index (χ4v) is 6.22. The predicted molar refractivity (Wildman–Crippen MR) is 146 cm³/mol. The summed E-state index contributed by atoms with van der Waals surface area (Å²) in [4.78, 5) is 24.6. The largest absolute Gasteiger partial charge is 0.471 e. The van der Waals surface area contributed by atoms with Gasteiger partial charge in [-0.1, -0.05) is 38.1 Å². The Balaban J connectivity index is 1.67. The van der Waals surface area contributed by atoms with Crippen molar-refractivity contribution in [3.63, 3.8) is 0 Å². The summed E-state index contributed by atoms with van der Waals surface area (Å²) in [5.74, 6) is 0.297. The van der Waals surface area contributed by atoms with Crippen LogP contribution in [-0.4, -0.2) is 61.0 Å². The zero-order chi connectivity index (χ0) is 27.0. The minimum absolute atomic E-state index is 0.0314. The number of fused-ring (bicyclic) bond motifs is 6. The second kappa shape index (κ2) is 10.3. The van der Waals surface area contributed by atoms with Crippen molar-refractivity contribution in [2.24, 2.45) is 5.92 Å². The summed E-state index contributed by atoms with van der Waals surface area (Å²) in [6.07, 6.45) is 0.407. The van der Waals surface area contributed by atoms with Crippen molar-refractivity contribution in [1.82, 2.24) is 20.2 Å². The Morgan fingerprint density at radius 1 is 1.05 bits per heavy atom.